The third-order valence-electron chi connectivity index (χ3n) is 4.89. The second-order valence-corrected chi connectivity index (χ2v) is 8.35. The molecular formula is C23H16ClFN4O2S. The highest BCUT2D eigenvalue weighted by Crippen LogP contribution is 2.31. The van der Waals surface area contributed by atoms with Crippen LogP contribution in [0.15, 0.2) is 70.7 Å². The molecule has 0 aliphatic carbocycles. The van der Waals surface area contributed by atoms with Crippen molar-refractivity contribution in [2.75, 3.05) is 5.32 Å². The Balaban J connectivity index is 1.30. The van der Waals surface area contributed by atoms with E-state index in [-0.39, 0.29) is 18.1 Å². The van der Waals surface area contributed by atoms with Crippen LogP contribution in [0.4, 0.5) is 10.2 Å². The van der Waals surface area contributed by atoms with Crippen molar-refractivity contribution in [2.24, 2.45) is 0 Å². The predicted molar refractivity (Wildman–Crippen MR) is 122 cm³/mol. The molecule has 0 fully saturated rings. The van der Waals surface area contributed by atoms with Crippen molar-refractivity contribution in [3.8, 4) is 22.6 Å². The second-order valence-electron chi connectivity index (χ2n) is 7.04. The number of nitrogens with zero attached hydrogens (tertiary/aromatic N) is 3. The molecule has 1 amide bonds. The Morgan fingerprint density at radius 1 is 1.12 bits per heavy atom. The number of carbonyl (C=O) groups excluding carboxylic acids is 1. The lowest BCUT2D eigenvalue weighted by Crippen LogP contribution is -2.14. The van der Waals surface area contributed by atoms with E-state index >= 15 is 0 Å². The van der Waals surface area contributed by atoms with Gasteiger partial charge in [0, 0.05) is 40.6 Å². The number of nitrogens with one attached hydrogen (secondary N) is 1. The molecule has 3 aromatic heterocycles. The normalized spacial score (nSPS) is 11.2. The average Bonchev–Trinajstić information content (AvgIpc) is 3.51. The SMILES string of the molecule is O=C(CCc1ncc(-c2ccc(Cl)cc2)o1)Nc1c(-c2ccc(F)cc2)nc2sccn12. The van der Waals surface area contributed by atoms with E-state index in [1.54, 1.807) is 30.5 Å². The van der Waals surface area contributed by atoms with E-state index in [9.17, 15) is 9.18 Å². The fourth-order valence-electron chi connectivity index (χ4n) is 3.30. The van der Waals surface area contributed by atoms with Crippen LogP contribution in [0.1, 0.15) is 12.3 Å². The summed E-state index contributed by atoms with van der Waals surface area (Å²) >= 11 is 7.37. The van der Waals surface area contributed by atoms with Gasteiger partial charge in [0.25, 0.3) is 0 Å². The summed E-state index contributed by atoms with van der Waals surface area (Å²) < 4.78 is 20.9. The third-order valence-corrected chi connectivity index (χ3v) is 5.89. The fraction of sp³-hybridized carbons (Fsp3) is 0.0870. The summed E-state index contributed by atoms with van der Waals surface area (Å²) in [6.07, 6.45) is 3.99. The van der Waals surface area contributed by atoms with Crippen molar-refractivity contribution in [2.45, 2.75) is 12.8 Å². The van der Waals surface area contributed by atoms with Crippen LogP contribution in [0.2, 0.25) is 5.02 Å². The quantitative estimate of drug-likeness (QED) is 0.329. The Hall–Kier alpha value is -3.49. The van der Waals surface area contributed by atoms with Gasteiger partial charge in [0.1, 0.15) is 17.3 Å². The lowest BCUT2D eigenvalue weighted by Gasteiger charge is -2.07. The molecule has 160 valence electrons. The Kier molecular flexibility index (Phi) is 5.46. The molecule has 0 aliphatic heterocycles. The van der Waals surface area contributed by atoms with Crippen LogP contribution in [-0.2, 0) is 11.2 Å². The number of aromatic nitrogens is 3. The number of imidazole rings is 1. The molecule has 0 saturated carbocycles. The van der Waals surface area contributed by atoms with E-state index in [1.807, 2.05) is 28.1 Å². The maximum atomic E-state index is 13.3. The highest BCUT2D eigenvalue weighted by atomic mass is 35.5. The number of benzene rings is 2. The first-order chi connectivity index (χ1) is 15.6. The van der Waals surface area contributed by atoms with E-state index in [0.717, 1.165) is 16.1 Å². The first kappa shape index (κ1) is 20.4. The molecule has 0 aliphatic rings. The summed E-state index contributed by atoms with van der Waals surface area (Å²) in [5.41, 5.74) is 2.17. The van der Waals surface area contributed by atoms with Gasteiger partial charge in [-0.25, -0.2) is 14.4 Å². The topological polar surface area (TPSA) is 72.4 Å². The molecule has 0 unspecified atom stereocenters. The number of oxazole rings is 1. The molecule has 0 spiro atoms. The van der Waals surface area contributed by atoms with Gasteiger partial charge in [-0.3, -0.25) is 9.20 Å². The minimum atomic E-state index is -0.329. The van der Waals surface area contributed by atoms with E-state index in [4.69, 9.17) is 16.0 Å². The number of halogens is 2. The van der Waals surface area contributed by atoms with Crippen molar-refractivity contribution >= 4 is 39.6 Å². The number of thiazole rings is 1. The van der Waals surface area contributed by atoms with Crippen LogP contribution in [0.25, 0.3) is 27.5 Å². The van der Waals surface area contributed by atoms with Crippen LogP contribution in [0.5, 0.6) is 0 Å². The molecule has 0 saturated heterocycles. The molecule has 0 atom stereocenters. The van der Waals surface area contributed by atoms with Gasteiger partial charge < -0.3 is 9.73 Å². The Morgan fingerprint density at radius 2 is 1.88 bits per heavy atom. The minimum Gasteiger partial charge on any atom is -0.441 e. The van der Waals surface area contributed by atoms with E-state index in [1.165, 1.54) is 23.5 Å². The minimum absolute atomic E-state index is 0.181. The fourth-order valence-corrected chi connectivity index (χ4v) is 4.14. The smallest absolute Gasteiger partial charge is 0.226 e. The number of carbonyl (C=O) groups is 1. The van der Waals surface area contributed by atoms with Gasteiger partial charge in [-0.15, -0.1) is 11.3 Å². The van der Waals surface area contributed by atoms with Crippen molar-refractivity contribution in [3.05, 3.63) is 83.0 Å². The lowest BCUT2D eigenvalue weighted by atomic mass is 10.1. The van der Waals surface area contributed by atoms with E-state index in [0.29, 0.717) is 34.6 Å². The molecule has 3 heterocycles. The van der Waals surface area contributed by atoms with E-state index in [2.05, 4.69) is 15.3 Å². The average molecular weight is 467 g/mol. The molecule has 1 N–H and O–H groups in total. The molecule has 32 heavy (non-hydrogen) atoms. The van der Waals surface area contributed by atoms with Gasteiger partial charge in [0.15, 0.2) is 16.6 Å². The number of amides is 1. The predicted octanol–water partition coefficient (Wildman–Crippen LogP) is 6.08. The number of rotatable bonds is 6. The third kappa shape index (κ3) is 4.15. The van der Waals surface area contributed by atoms with Gasteiger partial charge >= 0.3 is 0 Å². The van der Waals surface area contributed by atoms with Gasteiger partial charge in [-0.1, -0.05) is 11.6 Å². The highest BCUT2D eigenvalue weighted by Gasteiger charge is 2.18. The number of hydrogen-bond acceptors (Lipinski definition) is 5. The van der Waals surface area contributed by atoms with Crippen molar-refractivity contribution in [3.63, 3.8) is 0 Å². The van der Waals surface area contributed by atoms with E-state index < -0.39 is 0 Å². The summed E-state index contributed by atoms with van der Waals surface area (Å²) in [6.45, 7) is 0. The summed E-state index contributed by atoms with van der Waals surface area (Å²) in [5.74, 6) is 1.10. The molecule has 5 aromatic rings. The number of aryl methyl sites for hydroxylation is 1. The first-order valence-electron chi connectivity index (χ1n) is 9.79. The van der Waals surface area contributed by atoms with Crippen molar-refractivity contribution in [1.29, 1.82) is 0 Å². The second kappa shape index (κ2) is 8.57. The Labute approximate surface area is 191 Å². The van der Waals surface area contributed by atoms with Crippen molar-refractivity contribution in [1.82, 2.24) is 14.4 Å². The Morgan fingerprint density at radius 3 is 2.66 bits per heavy atom. The monoisotopic (exact) mass is 466 g/mol. The molecule has 5 rings (SSSR count). The standard InChI is InChI=1S/C23H16ClFN4O2S/c24-16-5-1-14(2-6-16)18-13-26-20(31-18)10-9-19(30)27-22-21(15-3-7-17(25)8-4-15)28-23-29(22)11-12-32-23/h1-8,11-13H,9-10H2,(H,27,30). The maximum Gasteiger partial charge on any atom is 0.226 e. The summed E-state index contributed by atoms with van der Waals surface area (Å²) in [6, 6.07) is 13.3. The summed E-state index contributed by atoms with van der Waals surface area (Å²) in [5, 5.41) is 5.47. The number of fused-ring (bicyclic) bond motifs is 1. The zero-order valence-electron chi connectivity index (χ0n) is 16.6. The summed E-state index contributed by atoms with van der Waals surface area (Å²) in [7, 11) is 0. The maximum absolute atomic E-state index is 13.3. The van der Waals surface area contributed by atoms with Crippen LogP contribution in [-0.4, -0.2) is 20.3 Å². The number of hydrogen-bond donors (Lipinski definition) is 1. The molecule has 2 aromatic carbocycles. The molecule has 6 nitrogen and oxygen atoms in total. The molecule has 0 radical (unpaired) electrons. The van der Waals surface area contributed by atoms with Crippen molar-refractivity contribution < 1.29 is 13.6 Å². The first-order valence-corrected chi connectivity index (χ1v) is 11.0. The summed E-state index contributed by atoms with van der Waals surface area (Å²) in [4.78, 5) is 22.3. The van der Waals surface area contributed by atoms with Gasteiger partial charge in [-0.2, -0.15) is 0 Å². The largest absolute Gasteiger partial charge is 0.441 e. The number of anilines is 1. The molecular weight excluding hydrogens is 451 g/mol. The van der Waals surface area contributed by atoms with Gasteiger partial charge in [0.2, 0.25) is 5.91 Å². The molecule has 0 bridgehead atoms. The zero-order valence-corrected chi connectivity index (χ0v) is 18.2. The van der Waals surface area contributed by atoms with Gasteiger partial charge in [-0.05, 0) is 48.5 Å². The van der Waals surface area contributed by atoms with Crippen LogP contribution >= 0.6 is 22.9 Å². The Bertz CT molecular complexity index is 1390. The highest BCUT2D eigenvalue weighted by molar-refractivity contribution is 7.15. The van der Waals surface area contributed by atoms with Gasteiger partial charge in [0.05, 0.1) is 6.20 Å². The lowest BCUT2D eigenvalue weighted by molar-refractivity contribution is -0.116. The molecule has 9 heteroatoms. The zero-order chi connectivity index (χ0) is 22.1. The van der Waals surface area contributed by atoms with Crippen LogP contribution in [0.3, 0.4) is 0 Å². The van der Waals surface area contributed by atoms with Crippen LogP contribution in [0, 0.1) is 5.82 Å². The van der Waals surface area contributed by atoms with Crippen LogP contribution < -0.4 is 5.32 Å².